The molecule has 0 saturated heterocycles. The van der Waals surface area contributed by atoms with E-state index in [1.807, 2.05) is 13.0 Å². The molecule has 0 unspecified atom stereocenters. The molecule has 4 rings (SSSR count). The number of fused-ring (bicyclic) bond motifs is 5. The van der Waals surface area contributed by atoms with Crippen molar-refractivity contribution >= 4 is 17.5 Å². The average molecular weight is 426 g/mol. The first-order chi connectivity index (χ1) is 13.6. The summed E-state index contributed by atoms with van der Waals surface area (Å²) in [5.41, 5.74) is -1.43. The number of ether oxygens (including phenoxy) is 1. The molecule has 4 aliphatic rings. The Hall–Kier alpha value is -0.790. The Balaban J connectivity index is 0.00000171. The van der Waals surface area contributed by atoms with Crippen LogP contribution in [0.2, 0.25) is 0 Å². The topological polar surface area (TPSA) is 101 Å². The van der Waals surface area contributed by atoms with Crippen LogP contribution in [0.25, 0.3) is 0 Å². The molecule has 3 fully saturated rings. The van der Waals surface area contributed by atoms with Crippen molar-refractivity contribution in [2.45, 2.75) is 64.6 Å². The van der Waals surface area contributed by atoms with E-state index < -0.39 is 35.5 Å². The SMILES string of the molecule is CC(=O)O[C@]1(C(=O)CO)CC[C@H]2[C@@H]3CCC4=CC(=O)C=C[C@]4(C)[C@H]3[C@@H](O)C[C@@]21C.[H-].[Na+]. The van der Waals surface area contributed by atoms with E-state index in [9.17, 15) is 24.6 Å². The smallest absolute Gasteiger partial charge is 1.00 e. The van der Waals surface area contributed by atoms with Gasteiger partial charge in [0.15, 0.2) is 11.4 Å². The number of hydrogen-bond donors (Lipinski definition) is 2. The van der Waals surface area contributed by atoms with Crippen LogP contribution in [0.5, 0.6) is 0 Å². The minimum Gasteiger partial charge on any atom is -1.00 e. The number of ketones is 2. The summed E-state index contributed by atoms with van der Waals surface area (Å²) >= 11 is 0. The minimum absolute atomic E-state index is 0. The van der Waals surface area contributed by atoms with Gasteiger partial charge in [0.05, 0.1) is 6.10 Å². The van der Waals surface area contributed by atoms with E-state index in [0.717, 1.165) is 18.4 Å². The molecule has 0 heterocycles. The zero-order valence-electron chi connectivity index (χ0n) is 19.3. The molecular formula is C23H31NaO6. The van der Waals surface area contributed by atoms with E-state index in [0.29, 0.717) is 19.3 Å². The van der Waals surface area contributed by atoms with Gasteiger partial charge < -0.3 is 16.4 Å². The molecule has 2 N–H and O–H groups in total. The van der Waals surface area contributed by atoms with E-state index in [1.165, 1.54) is 6.92 Å². The van der Waals surface area contributed by atoms with Crippen molar-refractivity contribution in [3.8, 4) is 0 Å². The average Bonchev–Trinajstić information content (AvgIpc) is 2.93. The zero-order chi connectivity index (χ0) is 21.2. The van der Waals surface area contributed by atoms with Gasteiger partial charge in [-0.15, -0.1) is 0 Å². The van der Waals surface area contributed by atoms with E-state index in [4.69, 9.17) is 4.74 Å². The van der Waals surface area contributed by atoms with Crippen molar-refractivity contribution in [2.75, 3.05) is 6.61 Å². The fraction of sp³-hybridized carbons (Fsp3) is 0.696. The molecule has 160 valence electrons. The van der Waals surface area contributed by atoms with Crippen LogP contribution in [0.4, 0.5) is 0 Å². The third kappa shape index (κ3) is 3.14. The number of allylic oxidation sites excluding steroid dienone is 4. The first-order valence-corrected chi connectivity index (χ1v) is 10.5. The van der Waals surface area contributed by atoms with E-state index in [1.54, 1.807) is 12.2 Å². The Kier molecular flexibility index (Phi) is 6.34. The van der Waals surface area contributed by atoms with Gasteiger partial charge in [0.25, 0.3) is 0 Å². The van der Waals surface area contributed by atoms with Crippen LogP contribution >= 0.6 is 0 Å². The van der Waals surface area contributed by atoms with E-state index in [-0.39, 0.29) is 59.9 Å². The maximum Gasteiger partial charge on any atom is 1.00 e. The van der Waals surface area contributed by atoms with Crippen molar-refractivity contribution in [1.82, 2.24) is 0 Å². The summed E-state index contributed by atoms with van der Waals surface area (Å²) < 4.78 is 5.67. The third-order valence-corrected chi connectivity index (χ3v) is 8.53. The number of carbonyl (C=O) groups excluding carboxylic acids is 3. The predicted molar refractivity (Wildman–Crippen MR) is 106 cm³/mol. The first-order valence-electron chi connectivity index (χ1n) is 10.5. The zero-order valence-corrected chi connectivity index (χ0v) is 20.3. The normalized spacial score (nSPS) is 44.2. The summed E-state index contributed by atoms with van der Waals surface area (Å²) in [4.78, 5) is 36.7. The number of aliphatic hydroxyl groups excluding tert-OH is 2. The van der Waals surface area contributed by atoms with Crippen molar-refractivity contribution in [1.29, 1.82) is 0 Å². The van der Waals surface area contributed by atoms with E-state index >= 15 is 0 Å². The Morgan fingerprint density at radius 1 is 1.30 bits per heavy atom. The molecular weight excluding hydrogens is 395 g/mol. The molecule has 7 atom stereocenters. The second-order valence-corrected chi connectivity index (χ2v) is 9.75. The van der Waals surface area contributed by atoms with Gasteiger partial charge in [0.1, 0.15) is 6.61 Å². The molecule has 0 radical (unpaired) electrons. The van der Waals surface area contributed by atoms with Gasteiger partial charge in [0, 0.05) is 23.7 Å². The minimum atomic E-state index is -1.39. The molecule has 0 spiro atoms. The summed E-state index contributed by atoms with van der Waals surface area (Å²) in [6.45, 7) is 4.63. The standard InChI is InChI=1S/C23H30O6.Na.H/c1-13(25)29-23(19(28)12-24)9-7-17-16-5-4-14-10-15(26)6-8-21(14,2)20(16)18(27)11-22(17,23)3;;/h6,8,10,16-18,20,24,27H,4-5,7,9,11-12H2,1-3H3;;/q;+1;-1/t16-,17-,18-,20+,21-,22-,23-;;/m0../s1. The first kappa shape index (κ1) is 23.9. The Bertz CT molecular complexity index is 840. The third-order valence-electron chi connectivity index (χ3n) is 8.53. The molecule has 0 aliphatic heterocycles. The summed E-state index contributed by atoms with van der Waals surface area (Å²) in [5, 5.41) is 21.0. The van der Waals surface area contributed by atoms with Crippen LogP contribution in [0.1, 0.15) is 54.3 Å². The molecule has 0 aromatic carbocycles. The monoisotopic (exact) mass is 426 g/mol. The van der Waals surface area contributed by atoms with Crippen LogP contribution in [-0.4, -0.2) is 46.1 Å². The van der Waals surface area contributed by atoms with Gasteiger partial charge in [-0.05, 0) is 56.1 Å². The molecule has 4 aliphatic carbocycles. The number of Topliss-reactive ketones (excluding diaryl/α,β-unsaturated/α-hetero) is 1. The number of carbonyl (C=O) groups is 3. The van der Waals surface area contributed by atoms with Gasteiger partial charge in [-0.25, -0.2) is 0 Å². The maximum absolute atomic E-state index is 12.9. The Morgan fingerprint density at radius 3 is 2.63 bits per heavy atom. The van der Waals surface area contributed by atoms with Gasteiger partial charge in [-0.2, -0.15) is 0 Å². The van der Waals surface area contributed by atoms with Crippen LogP contribution in [0, 0.1) is 28.6 Å². The second-order valence-electron chi connectivity index (χ2n) is 9.75. The summed E-state index contributed by atoms with van der Waals surface area (Å²) in [6, 6.07) is 0. The van der Waals surface area contributed by atoms with Gasteiger partial charge >= 0.3 is 35.5 Å². The quantitative estimate of drug-likeness (QED) is 0.455. The molecule has 6 nitrogen and oxygen atoms in total. The fourth-order valence-electron chi connectivity index (χ4n) is 7.37. The van der Waals surface area contributed by atoms with Crippen LogP contribution < -0.4 is 29.6 Å². The van der Waals surface area contributed by atoms with Crippen molar-refractivity contribution in [3.05, 3.63) is 23.8 Å². The van der Waals surface area contributed by atoms with Crippen molar-refractivity contribution < 1.29 is 60.3 Å². The molecule has 0 aromatic rings. The van der Waals surface area contributed by atoms with Crippen molar-refractivity contribution in [3.63, 3.8) is 0 Å². The molecule has 0 bridgehead atoms. The number of hydrogen-bond acceptors (Lipinski definition) is 6. The molecule has 3 saturated carbocycles. The molecule has 0 aromatic heterocycles. The van der Waals surface area contributed by atoms with E-state index in [2.05, 4.69) is 6.92 Å². The second kappa shape index (κ2) is 7.96. The van der Waals surface area contributed by atoms with Gasteiger partial charge in [0.2, 0.25) is 5.78 Å². The maximum atomic E-state index is 12.9. The van der Waals surface area contributed by atoms with Crippen LogP contribution in [-0.2, 0) is 19.1 Å². The van der Waals surface area contributed by atoms with Crippen molar-refractivity contribution in [2.24, 2.45) is 28.6 Å². The van der Waals surface area contributed by atoms with Gasteiger partial charge in [-0.3, -0.25) is 14.4 Å². The van der Waals surface area contributed by atoms with Crippen LogP contribution in [0.15, 0.2) is 23.8 Å². The summed E-state index contributed by atoms with van der Waals surface area (Å²) in [7, 11) is 0. The number of rotatable bonds is 3. The number of aliphatic hydroxyl groups is 2. The largest absolute Gasteiger partial charge is 1.00 e. The molecule has 30 heavy (non-hydrogen) atoms. The number of esters is 1. The summed E-state index contributed by atoms with van der Waals surface area (Å²) in [6.07, 6.45) is 7.56. The molecule has 7 heteroatoms. The van der Waals surface area contributed by atoms with Crippen LogP contribution in [0.3, 0.4) is 0 Å². The molecule has 0 amide bonds. The summed E-state index contributed by atoms with van der Waals surface area (Å²) in [5.74, 6) is -0.839. The Labute approximate surface area is 200 Å². The fourth-order valence-corrected chi connectivity index (χ4v) is 7.37. The Morgan fingerprint density at radius 2 is 2.00 bits per heavy atom. The van der Waals surface area contributed by atoms with Gasteiger partial charge in [-0.1, -0.05) is 25.5 Å². The predicted octanol–water partition coefficient (Wildman–Crippen LogP) is -0.755.